The highest BCUT2D eigenvalue weighted by molar-refractivity contribution is 5.97. The number of ether oxygens (including phenoxy) is 3. The average Bonchev–Trinajstić information content (AvgIpc) is 3.12. The van der Waals surface area contributed by atoms with Gasteiger partial charge >= 0.3 is 0 Å². The van der Waals surface area contributed by atoms with E-state index in [1.54, 1.807) is 13.0 Å². The summed E-state index contributed by atoms with van der Waals surface area (Å²) in [6, 6.07) is 13.2. The van der Waals surface area contributed by atoms with Gasteiger partial charge in [0.1, 0.15) is 5.75 Å². The van der Waals surface area contributed by atoms with Crippen LogP contribution in [0.3, 0.4) is 0 Å². The van der Waals surface area contributed by atoms with Crippen molar-refractivity contribution in [3.63, 3.8) is 0 Å². The molecule has 6 heteroatoms. The van der Waals surface area contributed by atoms with Gasteiger partial charge < -0.3 is 14.2 Å². The van der Waals surface area contributed by atoms with Gasteiger partial charge in [0.25, 0.3) is 5.91 Å². The molecule has 1 aliphatic rings. The molecule has 0 aliphatic carbocycles. The zero-order chi connectivity index (χ0) is 18.4. The molecule has 3 rings (SSSR count). The summed E-state index contributed by atoms with van der Waals surface area (Å²) in [5, 5.41) is 4.04. The van der Waals surface area contributed by atoms with E-state index in [-0.39, 0.29) is 19.3 Å². The summed E-state index contributed by atoms with van der Waals surface area (Å²) in [6.07, 6.45) is 3.69. The third-order valence-electron chi connectivity index (χ3n) is 3.72. The second-order valence-electron chi connectivity index (χ2n) is 5.79. The summed E-state index contributed by atoms with van der Waals surface area (Å²) in [4.78, 5) is 11.8. The largest absolute Gasteiger partial charge is 0.483 e. The molecule has 0 atom stereocenters. The maximum Gasteiger partial charge on any atom is 0.277 e. The molecule has 1 heterocycles. The lowest BCUT2D eigenvalue weighted by atomic mass is 10.2. The molecule has 0 aromatic heterocycles. The number of carbonyl (C=O) groups excluding carboxylic acids is 1. The van der Waals surface area contributed by atoms with Crippen LogP contribution in [0.25, 0.3) is 6.08 Å². The van der Waals surface area contributed by atoms with E-state index >= 15 is 0 Å². The Balaban J connectivity index is 1.50. The van der Waals surface area contributed by atoms with Gasteiger partial charge in [-0.1, -0.05) is 30.3 Å². The standard InChI is InChI=1S/C20H20N2O4/c1-14-5-3-4-6-17(14)24-12-20(23)22-21-15(2)7-8-16-9-10-18-19(11-16)26-13-25-18/h3-11H,12-13H2,1-2H3,(H,22,23)/b8-7+,21-15?. The molecule has 134 valence electrons. The first kappa shape index (κ1) is 17.5. The Kier molecular flexibility index (Phi) is 5.53. The number of para-hydroxylation sites is 1. The molecule has 2 aromatic rings. The van der Waals surface area contributed by atoms with Gasteiger partial charge in [0.2, 0.25) is 6.79 Å². The second kappa shape index (κ2) is 8.20. The van der Waals surface area contributed by atoms with Gasteiger partial charge in [-0.25, -0.2) is 5.43 Å². The van der Waals surface area contributed by atoms with Gasteiger partial charge in [0.15, 0.2) is 18.1 Å². The highest BCUT2D eigenvalue weighted by atomic mass is 16.7. The molecule has 2 aromatic carbocycles. The number of rotatable bonds is 6. The van der Waals surface area contributed by atoms with Gasteiger partial charge in [-0.2, -0.15) is 5.10 Å². The monoisotopic (exact) mass is 352 g/mol. The van der Waals surface area contributed by atoms with Crippen LogP contribution in [0.5, 0.6) is 17.2 Å². The number of allylic oxidation sites excluding steroid dienone is 1. The molecule has 0 saturated heterocycles. The third-order valence-corrected chi connectivity index (χ3v) is 3.72. The fraction of sp³-hybridized carbons (Fsp3) is 0.200. The van der Waals surface area contributed by atoms with Crippen molar-refractivity contribution >= 4 is 17.7 Å². The maximum atomic E-state index is 11.8. The number of hydrogen-bond acceptors (Lipinski definition) is 5. The Labute approximate surface area is 152 Å². The fourth-order valence-corrected chi connectivity index (χ4v) is 2.32. The molecular formula is C20H20N2O4. The molecule has 0 radical (unpaired) electrons. The van der Waals surface area contributed by atoms with E-state index < -0.39 is 0 Å². The molecule has 0 saturated carbocycles. The Morgan fingerprint density at radius 1 is 1.23 bits per heavy atom. The molecule has 1 N–H and O–H groups in total. The van der Waals surface area contributed by atoms with Crippen LogP contribution in [0, 0.1) is 6.92 Å². The SMILES string of the molecule is CC(/C=C/c1ccc2c(c1)OCO2)=NNC(=O)COc1ccccc1C. The molecule has 6 nitrogen and oxygen atoms in total. The molecule has 0 spiro atoms. The molecular weight excluding hydrogens is 332 g/mol. The van der Waals surface area contributed by atoms with Gasteiger partial charge in [-0.3, -0.25) is 4.79 Å². The number of nitrogens with zero attached hydrogens (tertiary/aromatic N) is 1. The number of fused-ring (bicyclic) bond motifs is 1. The third kappa shape index (κ3) is 4.63. The summed E-state index contributed by atoms with van der Waals surface area (Å²) >= 11 is 0. The minimum Gasteiger partial charge on any atom is -0.483 e. The van der Waals surface area contributed by atoms with Crippen molar-refractivity contribution in [2.75, 3.05) is 13.4 Å². The van der Waals surface area contributed by atoms with Crippen LogP contribution >= 0.6 is 0 Å². The van der Waals surface area contributed by atoms with Crippen molar-refractivity contribution in [1.29, 1.82) is 0 Å². The van der Waals surface area contributed by atoms with E-state index in [1.165, 1.54) is 0 Å². The van der Waals surface area contributed by atoms with E-state index in [2.05, 4.69) is 10.5 Å². The van der Waals surface area contributed by atoms with Crippen LogP contribution in [0.15, 0.2) is 53.6 Å². The Morgan fingerprint density at radius 2 is 2.04 bits per heavy atom. The molecule has 0 unspecified atom stereocenters. The number of hydrazone groups is 1. The van der Waals surface area contributed by atoms with Gasteiger partial charge in [0, 0.05) is 0 Å². The number of carbonyl (C=O) groups is 1. The first-order valence-electron chi connectivity index (χ1n) is 8.21. The van der Waals surface area contributed by atoms with Crippen molar-refractivity contribution in [2.24, 2.45) is 5.10 Å². The smallest absolute Gasteiger partial charge is 0.277 e. The number of amides is 1. The first-order chi connectivity index (χ1) is 12.6. The average molecular weight is 352 g/mol. The molecule has 0 bridgehead atoms. The van der Waals surface area contributed by atoms with Gasteiger partial charge in [0.05, 0.1) is 5.71 Å². The van der Waals surface area contributed by atoms with Crippen LogP contribution in [0.4, 0.5) is 0 Å². The van der Waals surface area contributed by atoms with E-state index in [0.29, 0.717) is 11.5 Å². The predicted octanol–water partition coefficient (Wildman–Crippen LogP) is 3.31. The lowest BCUT2D eigenvalue weighted by Crippen LogP contribution is -2.25. The number of hydrogen-bond donors (Lipinski definition) is 1. The van der Waals surface area contributed by atoms with Crippen molar-refractivity contribution in [2.45, 2.75) is 13.8 Å². The van der Waals surface area contributed by atoms with Crippen molar-refractivity contribution in [3.05, 3.63) is 59.7 Å². The summed E-state index contributed by atoms with van der Waals surface area (Å²) in [7, 11) is 0. The Hall–Kier alpha value is -3.28. The Bertz CT molecular complexity index is 859. The summed E-state index contributed by atoms with van der Waals surface area (Å²) in [5.74, 6) is 1.84. The number of benzene rings is 2. The van der Waals surface area contributed by atoms with Gasteiger partial charge in [-0.05, 0) is 49.2 Å². The topological polar surface area (TPSA) is 69.2 Å². The quantitative estimate of drug-likeness (QED) is 0.640. The minimum atomic E-state index is -0.316. The molecule has 26 heavy (non-hydrogen) atoms. The van der Waals surface area contributed by atoms with E-state index in [9.17, 15) is 4.79 Å². The highest BCUT2D eigenvalue weighted by Crippen LogP contribution is 2.32. The van der Waals surface area contributed by atoms with Crippen LogP contribution in [0.1, 0.15) is 18.1 Å². The van der Waals surface area contributed by atoms with Crippen LogP contribution in [-0.4, -0.2) is 25.0 Å². The van der Waals surface area contributed by atoms with Gasteiger partial charge in [-0.15, -0.1) is 0 Å². The normalized spacial score (nSPS) is 13.1. The zero-order valence-corrected chi connectivity index (χ0v) is 14.7. The number of aryl methyl sites for hydroxylation is 1. The summed E-state index contributed by atoms with van der Waals surface area (Å²) in [6.45, 7) is 3.88. The highest BCUT2D eigenvalue weighted by Gasteiger charge is 2.12. The van der Waals surface area contributed by atoms with E-state index in [4.69, 9.17) is 14.2 Å². The van der Waals surface area contributed by atoms with Crippen LogP contribution in [-0.2, 0) is 4.79 Å². The number of nitrogens with one attached hydrogen (secondary N) is 1. The van der Waals surface area contributed by atoms with Crippen LogP contribution in [0.2, 0.25) is 0 Å². The lowest BCUT2D eigenvalue weighted by Gasteiger charge is -2.07. The molecule has 1 amide bonds. The fourth-order valence-electron chi connectivity index (χ4n) is 2.32. The maximum absolute atomic E-state index is 11.8. The molecule has 0 fully saturated rings. The lowest BCUT2D eigenvalue weighted by molar-refractivity contribution is -0.123. The van der Waals surface area contributed by atoms with E-state index in [0.717, 1.165) is 22.6 Å². The summed E-state index contributed by atoms with van der Waals surface area (Å²) in [5.41, 5.74) is 5.07. The van der Waals surface area contributed by atoms with Crippen LogP contribution < -0.4 is 19.6 Å². The predicted molar refractivity (Wildman–Crippen MR) is 99.5 cm³/mol. The molecule has 1 aliphatic heterocycles. The first-order valence-corrected chi connectivity index (χ1v) is 8.21. The second-order valence-corrected chi connectivity index (χ2v) is 5.79. The Morgan fingerprint density at radius 3 is 2.88 bits per heavy atom. The summed E-state index contributed by atoms with van der Waals surface area (Å²) < 4.78 is 16.1. The van der Waals surface area contributed by atoms with Crippen molar-refractivity contribution < 1.29 is 19.0 Å². The van der Waals surface area contributed by atoms with E-state index in [1.807, 2.05) is 55.5 Å². The van der Waals surface area contributed by atoms with Crippen molar-refractivity contribution in [3.8, 4) is 17.2 Å². The zero-order valence-electron chi connectivity index (χ0n) is 14.7. The van der Waals surface area contributed by atoms with Crippen molar-refractivity contribution in [1.82, 2.24) is 5.43 Å². The minimum absolute atomic E-state index is 0.0898.